The third kappa shape index (κ3) is 2.04. The van der Waals surface area contributed by atoms with E-state index in [-0.39, 0.29) is 5.97 Å². The van der Waals surface area contributed by atoms with Crippen molar-refractivity contribution in [1.29, 1.82) is 0 Å². The molecule has 0 unspecified atom stereocenters. The van der Waals surface area contributed by atoms with Gasteiger partial charge in [0.15, 0.2) is 0 Å². The molecule has 2 rings (SSSR count). The van der Waals surface area contributed by atoms with Gasteiger partial charge in [0, 0.05) is 24.8 Å². The number of hydrogen-bond donors (Lipinski definition) is 0. The molecule has 2 aromatic rings. The van der Waals surface area contributed by atoms with Gasteiger partial charge in [-0.3, -0.25) is 0 Å². The Morgan fingerprint density at radius 2 is 2.25 bits per heavy atom. The van der Waals surface area contributed by atoms with Crippen molar-refractivity contribution in [1.82, 2.24) is 0 Å². The molecule has 1 heterocycles. The molecule has 0 fully saturated rings. The summed E-state index contributed by atoms with van der Waals surface area (Å²) in [4.78, 5) is 12.6. The zero-order chi connectivity index (χ0) is 11.7. The average molecular weight is 364 g/mol. The molecule has 0 aliphatic rings. The van der Waals surface area contributed by atoms with E-state index in [4.69, 9.17) is 4.74 Å². The molecule has 2 nitrogen and oxygen atoms in total. The maximum Gasteiger partial charge on any atom is 0.337 e. The summed E-state index contributed by atoms with van der Waals surface area (Å²) in [6.45, 7) is 0. The van der Waals surface area contributed by atoms with Crippen LogP contribution in [0.4, 0.5) is 0 Å². The van der Waals surface area contributed by atoms with E-state index < -0.39 is 0 Å². The molecule has 84 valence electrons. The lowest BCUT2D eigenvalue weighted by molar-refractivity contribution is 0.0601. The fraction of sp³-hybridized carbons (Fsp3) is 0.182. The molecular formula is C11H8Br2O2S. The minimum atomic E-state index is -0.305. The standard InChI is InChI=1S/C11H8Br2O2S/c1-15-11(14)6-2-3-8-7(4-6)10(13)9(5-12)16-8/h2-4H,5H2,1H3. The maximum absolute atomic E-state index is 11.4. The number of methoxy groups -OCH3 is 1. The third-order valence-electron chi connectivity index (χ3n) is 2.24. The normalized spacial score (nSPS) is 10.7. The minimum absolute atomic E-state index is 0.305. The van der Waals surface area contributed by atoms with Gasteiger partial charge in [-0.05, 0) is 34.1 Å². The number of hydrogen-bond acceptors (Lipinski definition) is 3. The van der Waals surface area contributed by atoms with Crippen molar-refractivity contribution in [2.24, 2.45) is 0 Å². The monoisotopic (exact) mass is 362 g/mol. The molecule has 0 radical (unpaired) electrons. The second kappa shape index (κ2) is 4.85. The van der Waals surface area contributed by atoms with Crippen LogP contribution in [0.25, 0.3) is 10.1 Å². The zero-order valence-electron chi connectivity index (χ0n) is 8.42. The summed E-state index contributed by atoms with van der Waals surface area (Å²) in [5.41, 5.74) is 0.578. The third-order valence-corrected chi connectivity index (χ3v) is 5.51. The Bertz CT molecular complexity index is 548. The van der Waals surface area contributed by atoms with E-state index >= 15 is 0 Å². The van der Waals surface area contributed by atoms with Crippen LogP contribution < -0.4 is 0 Å². The highest BCUT2D eigenvalue weighted by Crippen LogP contribution is 2.37. The number of benzene rings is 1. The smallest absolute Gasteiger partial charge is 0.337 e. The van der Waals surface area contributed by atoms with Gasteiger partial charge in [-0.2, -0.15) is 0 Å². The SMILES string of the molecule is COC(=O)c1ccc2sc(CBr)c(Br)c2c1. The van der Waals surface area contributed by atoms with E-state index in [1.807, 2.05) is 12.1 Å². The maximum atomic E-state index is 11.4. The second-order valence-corrected chi connectivity index (χ2v) is 5.67. The molecule has 16 heavy (non-hydrogen) atoms. The Hall–Kier alpha value is -0.390. The molecule has 0 N–H and O–H groups in total. The van der Waals surface area contributed by atoms with Crippen molar-refractivity contribution < 1.29 is 9.53 Å². The van der Waals surface area contributed by atoms with Gasteiger partial charge in [-0.25, -0.2) is 4.79 Å². The van der Waals surface area contributed by atoms with Crippen LogP contribution in [-0.2, 0) is 10.1 Å². The molecular weight excluding hydrogens is 356 g/mol. The first-order valence-corrected chi connectivity index (χ1v) is 7.25. The van der Waals surface area contributed by atoms with Crippen molar-refractivity contribution in [3.8, 4) is 0 Å². The summed E-state index contributed by atoms with van der Waals surface area (Å²) in [5, 5.41) is 1.86. The molecule has 0 bridgehead atoms. The number of thiophene rings is 1. The Labute approximate surface area is 114 Å². The van der Waals surface area contributed by atoms with Gasteiger partial charge in [-0.1, -0.05) is 15.9 Å². The predicted octanol–water partition coefficient (Wildman–Crippen LogP) is 4.35. The fourth-order valence-corrected chi connectivity index (χ4v) is 4.22. The van der Waals surface area contributed by atoms with Crippen molar-refractivity contribution in [3.63, 3.8) is 0 Å². The van der Waals surface area contributed by atoms with Crippen LogP contribution in [-0.4, -0.2) is 13.1 Å². The number of halogens is 2. The first kappa shape index (κ1) is 12.1. The quantitative estimate of drug-likeness (QED) is 0.585. The molecule has 1 aromatic carbocycles. The van der Waals surface area contributed by atoms with Crippen LogP contribution in [0.5, 0.6) is 0 Å². The summed E-state index contributed by atoms with van der Waals surface area (Å²) in [6.07, 6.45) is 0. The zero-order valence-corrected chi connectivity index (χ0v) is 12.4. The Kier molecular flexibility index (Phi) is 3.66. The summed E-state index contributed by atoms with van der Waals surface area (Å²) in [6, 6.07) is 5.59. The molecule has 1 aromatic heterocycles. The number of esters is 1. The lowest BCUT2D eigenvalue weighted by Gasteiger charge is -1.99. The van der Waals surface area contributed by atoms with Crippen molar-refractivity contribution in [2.45, 2.75) is 5.33 Å². The minimum Gasteiger partial charge on any atom is -0.465 e. The Morgan fingerprint density at radius 3 is 2.88 bits per heavy atom. The number of carbonyl (C=O) groups excluding carboxylic acids is 1. The molecule has 0 amide bonds. The number of carbonyl (C=O) groups is 1. The van der Waals surface area contributed by atoms with E-state index in [1.54, 1.807) is 17.4 Å². The molecule has 0 spiro atoms. The number of alkyl halides is 1. The van der Waals surface area contributed by atoms with Gasteiger partial charge in [-0.15, -0.1) is 11.3 Å². The van der Waals surface area contributed by atoms with E-state index in [2.05, 4.69) is 31.9 Å². The van der Waals surface area contributed by atoms with Crippen LogP contribution in [0.3, 0.4) is 0 Å². The van der Waals surface area contributed by atoms with Gasteiger partial charge in [0.25, 0.3) is 0 Å². The summed E-state index contributed by atoms with van der Waals surface area (Å²) in [7, 11) is 1.39. The van der Waals surface area contributed by atoms with Gasteiger partial charge >= 0.3 is 5.97 Å². The number of fused-ring (bicyclic) bond motifs is 1. The number of rotatable bonds is 2. The van der Waals surface area contributed by atoms with Crippen molar-refractivity contribution in [3.05, 3.63) is 33.1 Å². The van der Waals surface area contributed by atoms with Crippen LogP contribution in [0.2, 0.25) is 0 Å². The lowest BCUT2D eigenvalue weighted by Crippen LogP contribution is -2.00. The van der Waals surface area contributed by atoms with E-state index in [1.165, 1.54) is 12.0 Å². The summed E-state index contributed by atoms with van der Waals surface area (Å²) >= 11 is 8.69. The van der Waals surface area contributed by atoms with Crippen LogP contribution in [0.15, 0.2) is 22.7 Å². The molecule has 0 aliphatic carbocycles. The molecule has 0 atom stereocenters. The largest absolute Gasteiger partial charge is 0.465 e. The first-order chi connectivity index (χ1) is 7.67. The van der Waals surface area contributed by atoms with Gasteiger partial charge in [0.1, 0.15) is 0 Å². The van der Waals surface area contributed by atoms with E-state index in [0.717, 1.165) is 19.9 Å². The van der Waals surface area contributed by atoms with Gasteiger partial charge in [0.05, 0.1) is 12.7 Å². The fourth-order valence-electron chi connectivity index (χ4n) is 1.45. The average Bonchev–Trinajstić information content (AvgIpc) is 2.64. The molecule has 0 saturated heterocycles. The number of ether oxygens (including phenoxy) is 1. The van der Waals surface area contributed by atoms with Gasteiger partial charge < -0.3 is 4.74 Å². The van der Waals surface area contributed by atoms with Crippen molar-refractivity contribution in [2.75, 3.05) is 7.11 Å². The predicted molar refractivity (Wildman–Crippen MR) is 73.5 cm³/mol. The first-order valence-electron chi connectivity index (χ1n) is 4.52. The van der Waals surface area contributed by atoms with Gasteiger partial charge in [0.2, 0.25) is 0 Å². The van der Waals surface area contributed by atoms with Crippen LogP contribution in [0.1, 0.15) is 15.2 Å². The van der Waals surface area contributed by atoms with E-state index in [0.29, 0.717) is 5.56 Å². The molecule has 0 saturated carbocycles. The topological polar surface area (TPSA) is 26.3 Å². The van der Waals surface area contributed by atoms with Crippen LogP contribution >= 0.6 is 43.2 Å². The molecule has 0 aliphatic heterocycles. The van der Waals surface area contributed by atoms with Crippen LogP contribution in [0, 0.1) is 0 Å². The summed E-state index contributed by atoms with van der Waals surface area (Å²) in [5.74, 6) is -0.305. The highest BCUT2D eigenvalue weighted by molar-refractivity contribution is 9.11. The highest BCUT2D eigenvalue weighted by Gasteiger charge is 2.12. The second-order valence-electron chi connectivity index (χ2n) is 3.18. The Morgan fingerprint density at radius 1 is 1.50 bits per heavy atom. The van der Waals surface area contributed by atoms with E-state index in [9.17, 15) is 4.79 Å². The Balaban J connectivity index is 2.61. The molecule has 5 heteroatoms. The highest BCUT2D eigenvalue weighted by atomic mass is 79.9. The lowest BCUT2D eigenvalue weighted by atomic mass is 10.1. The van der Waals surface area contributed by atoms with Crippen molar-refractivity contribution >= 4 is 59.3 Å². The summed E-state index contributed by atoms with van der Waals surface area (Å²) < 4.78 is 6.91.